The Morgan fingerprint density at radius 1 is 0.921 bits per heavy atom. The first kappa shape index (κ1) is 50.6. The van der Waals surface area contributed by atoms with Gasteiger partial charge in [-0.3, -0.25) is 19.2 Å². The highest BCUT2D eigenvalue weighted by atomic mass is 16.6. The fourth-order valence-electron chi connectivity index (χ4n) is 7.69. The van der Waals surface area contributed by atoms with Gasteiger partial charge in [-0.15, -0.1) is 0 Å². The number of cyclic esters (lactones) is 1. The lowest BCUT2D eigenvalue weighted by molar-refractivity contribution is -0.159. The molecule has 346 valence electrons. The van der Waals surface area contributed by atoms with E-state index >= 15 is 0 Å². The first-order valence-electron chi connectivity index (χ1n) is 21.2. The van der Waals surface area contributed by atoms with E-state index in [1.165, 1.54) is 43.0 Å². The maximum atomic E-state index is 13.5. The van der Waals surface area contributed by atoms with Crippen LogP contribution in [-0.4, -0.2) is 115 Å². The molecular weight excluding hydrogens is 817 g/mol. The van der Waals surface area contributed by atoms with E-state index in [2.05, 4.69) is 15.0 Å². The second-order valence-electron chi connectivity index (χ2n) is 16.3. The van der Waals surface area contributed by atoms with Gasteiger partial charge in [0.15, 0.2) is 17.2 Å². The number of hydrogen-bond donors (Lipinski definition) is 1. The van der Waals surface area contributed by atoms with Crippen LogP contribution in [0.2, 0.25) is 0 Å². The molecule has 17 heteroatoms. The summed E-state index contributed by atoms with van der Waals surface area (Å²) in [6.07, 6.45) is 12.0. The minimum atomic E-state index is -1.14. The molecule has 0 aromatic carbocycles. The molecule has 1 N–H and O–H groups in total. The number of oxazole rings is 3. The van der Waals surface area contributed by atoms with E-state index in [0.29, 0.717) is 36.3 Å². The van der Waals surface area contributed by atoms with Crippen molar-refractivity contribution < 1.29 is 61.2 Å². The summed E-state index contributed by atoms with van der Waals surface area (Å²) in [5.41, 5.74) is 1.01. The first-order chi connectivity index (χ1) is 30.1. The zero-order chi connectivity index (χ0) is 46.2. The number of fused-ring (bicyclic) bond motifs is 8. The van der Waals surface area contributed by atoms with Gasteiger partial charge in [-0.25, -0.2) is 15.0 Å². The molecule has 1 aliphatic rings. The zero-order valence-corrected chi connectivity index (χ0v) is 38.0. The number of aliphatic hydroxyl groups is 1. The predicted octanol–water partition coefficient (Wildman–Crippen LogP) is 6.83. The van der Waals surface area contributed by atoms with Crippen LogP contribution < -0.4 is 0 Å². The van der Waals surface area contributed by atoms with Crippen LogP contribution in [-0.2, 0) is 42.9 Å². The molecule has 4 rings (SSSR count). The van der Waals surface area contributed by atoms with E-state index in [4.69, 9.17) is 36.9 Å². The van der Waals surface area contributed by atoms with Crippen molar-refractivity contribution in [2.45, 2.75) is 110 Å². The fraction of sp³-hybridized carbons (Fsp3) is 0.587. The molecule has 0 fully saturated rings. The van der Waals surface area contributed by atoms with Crippen LogP contribution in [0.4, 0.5) is 0 Å². The summed E-state index contributed by atoms with van der Waals surface area (Å²) in [6, 6.07) is 0. The van der Waals surface area contributed by atoms with Gasteiger partial charge in [0.1, 0.15) is 42.5 Å². The van der Waals surface area contributed by atoms with E-state index in [-0.39, 0.29) is 72.7 Å². The number of carbonyl (C=O) groups excluding carboxylic acids is 4. The van der Waals surface area contributed by atoms with Gasteiger partial charge >= 0.3 is 5.97 Å². The molecule has 0 radical (unpaired) electrons. The molecule has 11 atom stereocenters. The van der Waals surface area contributed by atoms with Gasteiger partial charge in [-0.1, -0.05) is 52.8 Å². The molecule has 3 aromatic heterocycles. The second-order valence-corrected chi connectivity index (χ2v) is 16.3. The number of ketones is 2. The Labute approximate surface area is 369 Å². The third kappa shape index (κ3) is 14.2. The van der Waals surface area contributed by atoms with Crippen molar-refractivity contribution in [1.29, 1.82) is 0 Å². The molecule has 0 unspecified atom stereocenters. The number of aliphatic hydroxyl groups excluding tert-OH is 1. The van der Waals surface area contributed by atoms with Crippen LogP contribution in [0.3, 0.4) is 0 Å². The summed E-state index contributed by atoms with van der Waals surface area (Å²) in [5.74, 6) is -1.99. The van der Waals surface area contributed by atoms with E-state index in [0.717, 1.165) is 0 Å². The summed E-state index contributed by atoms with van der Waals surface area (Å²) >= 11 is 0. The summed E-state index contributed by atoms with van der Waals surface area (Å²) in [4.78, 5) is 66.1. The van der Waals surface area contributed by atoms with Crippen LogP contribution in [0, 0.1) is 29.6 Å². The third-order valence-electron chi connectivity index (χ3n) is 11.7. The largest absolute Gasteiger partial charge is 0.462 e. The van der Waals surface area contributed by atoms with Crippen molar-refractivity contribution >= 4 is 30.0 Å². The normalized spacial score (nSPS) is 25.2. The Kier molecular flexibility index (Phi) is 19.8. The molecule has 63 heavy (non-hydrogen) atoms. The Morgan fingerprint density at radius 3 is 2.29 bits per heavy atom. The molecule has 17 nitrogen and oxygen atoms in total. The number of aromatic nitrogens is 3. The SMILES string of the molecule is CO[C@H]([C@H](C)/C=C/N(C)C=O)[C@@H](C)C(=O)CC[C@H](C)[C@H](C[C@@H]1OC(=O)C[C@@H](O)C/C=C/C(=O)[C@H](C)[C@H](OC)c2coc(n2)-c2coc(n2)-c2coc(n2)/C=C/C[C@H](OC)[C@H]1C)OC. The van der Waals surface area contributed by atoms with E-state index < -0.39 is 54.4 Å². The molecule has 0 spiro atoms. The molecule has 1 aliphatic heterocycles. The van der Waals surface area contributed by atoms with Gasteiger partial charge in [0.2, 0.25) is 24.1 Å². The number of methoxy groups -OCH3 is 4. The van der Waals surface area contributed by atoms with Gasteiger partial charge in [0.05, 0.1) is 36.8 Å². The van der Waals surface area contributed by atoms with Crippen molar-refractivity contribution in [3.05, 3.63) is 60.9 Å². The lowest BCUT2D eigenvalue weighted by atomic mass is 9.84. The maximum absolute atomic E-state index is 13.5. The minimum absolute atomic E-state index is 0.0148. The number of ether oxygens (including phenoxy) is 5. The quantitative estimate of drug-likeness (QED) is 0.115. The molecular formula is C46H64N4O13. The monoisotopic (exact) mass is 880 g/mol. The lowest BCUT2D eigenvalue weighted by Crippen LogP contribution is -2.39. The smallest absolute Gasteiger partial charge is 0.308 e. The van der Waals surface area contributed by atoms with Gasteiger partial charge < -0.3 is 46.9 Å². The molecule has 0 aliphatic carbocycles. The molecule has 0 saturated carbocycles. The Hall–Kier alpha value is -5.07. The molecule has 0 saturated heterocycles. The summed E-state index contributed by atoms with van der Waals surface area (Å²) in [6.45, 7) is 9.38. The van der Waals surface area contributed by atoms with Crippen molar-refractivity contribution in [3.8, 4) is 23.2 Å². The molecule has 6 bridgehead atoms. The zero-order valence-electron chi connectivity index (χ0n) is 38.0. The predicted molar refractivity (Wildman–Crippen MR) is 230 cm³/mol. The van der Waals surface area contributed by atoms with Crippen LogP contribution in [0.1, 0.15) is 90.8 Å². The molecule has 1 amide bonds. The number of hydrogen-bond acceptors (Lipinski definition) is 16. The lowest BCUT2D eigenvalue weighted by Gasteiger charge is -2.33. The first-order valence-corrected chi connectivity index (χ1v) is 21.2. The van der Waals surface area contributed by atoms with Gasteiger partial charge in [0.25, 0.3) is 0 Å². The second kappa shape index (κ2) is 24.7. The highest BCUT2D eigenvalue weighted by Gasteiger charge is 2.34. The highest BCUT2D eigenvalue weighted by molar-refractivity contribution is 5.92. The van der Waals surface area contributed by atoms with Crippen molar-refractivity contribution in [2.75, 3.05) is 35.5 Å². The number of allylic oxidation sites excluding steroid dienone is 1. The van der Waals surface area contributed by atoms with Gasteiger partial charge in [-0.05, 0) is 37.3 Å². The van der Waals surface area contributed by atoms with Gasteiger partial charge in [0, 0.05) is 72.3 Å². The minimum Gasteiger partial charge on any atom is -0.462 e. The van der Waals surface area contributed by atoms with E-state index in [1.54, 1.807) is 47.6 Å². The number of nitrogens with zero attached hydrogens (tertiary/aromatic N) is 4. The summed E-state index contributed by atoms with van der Waals surface area (Å²) in [7, 11) is 7.82. The Morgan fingerprint density at radius 2 is 1.60 bits per heavy atom. The maximum Gasteiger partial charge on any atom is 0.308 e. The Balaban J connectivity index is 1.54. The molecule has 4 heterocycles. The van der Waals surface area contributed by atoms with Crippen LogP contribution >= 0.6 is 0 Å². The van der Waals surface area contributed by atoms with Gasteiger partial charge in [-0.2, -0.15) is 0 Å². The topological polar surface area (TPSA) is 216 Å². The molecule has 3 aromatic rings. The van der Waals surface area contributed by atoms with Crippen LogP contribution in [0.5, 0.6) is 0 Å². The van der Waals surface area contributed by atoms with Crippen molar-refractivity contribution in [1.82, 2.24) is 19.9 Å². The standard InChI is InChI=1S/C46H64N4O13/c1-27(17-18-37(54)29(3)43(58-9)28(2)19-20-50(6)26-51)39(57-8)22-40-31(5)38(56-7)15-12-16-41-47-34(24-60-41)45-49-35(25-62-45)46-48-33(23-61-46)44(59-10)30(4)36(53)14-11-13-32(52)21-42(55)63-40/h11-12,14,16,19-20,23-32,38-40,43-44,52H,13,15,17-18,21-22H2,1-10H3/b14-11+,16-12+,20-19+/t27-,28+,29-,30-,31+,32-,38-,39-,40-,43+,44-/m0/s1. The number of carbonyl (C=O) groups is 4. The number of Topliss-reactive ketones (excluding diaryl/α,β-unsaturated/α-hetero) is 1. The third-order valence-corrected chi connectivity index (χ3v) is 11.7. The average Bonchev–Trinajstić information content (AvgIpc) is 4.07. The number of amides is 1. The van der Waals surface area contributed by atoms with Crippen molar-refractivity contribution in [2.24, 2.45) is 29.6 Å². The summed E-state index contributed by atoms with van der Waals surface area (Å²) < 4.78 is 46.4. The van der Waals surface area contributed by atoms with Crippen LogP contribution in [0.25, 0.3) is 29.2 Å². The highest BCUT2D eigenvalue weighted by Crippen LogP contribution is 2.32. The van der Waals surface area contributed by atoms with Crippen molar-refractivity contribution in [3.63, 3.8) is 0 Å². The fourth-order valence-corrected chi connectivity index (χ4v) is 7.69. The average molecular weight is 881 g/mol. The van der Waals surface area contributed by atoms with E-state index in [9.17, 15) is 24.3 Å². The van der Waals surface area contributed by atoms with E-state index in [1.807, 2.05) is 39.8 Å². The number of rotatable bonds is 16. The summed E-state index contributed by atoms with van der Waals surface area (Å²) in [5, 5.41) is 10.9. The Bertz CT molecular complexity index is 2000. The number of esters is 1. The van der Waals surface area contributed by atoms with Crippen LogP contribution in [0.15, 0.2) is 62.5 Å².